The van der Waals surface area contributed by atoms with Crippen LogP contribution in [0.25, 0.3) is 11.3 Å². The molecule has 1 atom stereocenters. The molecular weight excluding hydrogens is 371 g/mol. The maximum absolute atomic E-state index is 14.0. The standard InChI is InChI=1S/C22H19FN4O2/c23-17-9-5-4-8-16(17)19(28)26-12-10-22(14-26)11-13-27-20(29)18(24-25-21(22)27)15-6-2-1-3-7-15/h1-9H,10-14H2/t22-/m1/s1. The Kier molecular flexibility index (Phi) is 4.04. The van der Waals surface area contributed by atoms with Gasteiger partial charge in [-0.1, -0.05) is 42.5 Å². The van der Waals surface area contributed by atoms with Gasteiger partial charge in [0.2, 0.25) is 0 Å². The van der Waals surface area contributed by atoms with Gasteiger partial charge in [0.15, 0.2) is 5.69 Å². The Labute approximate surface area is 166 Å². The first kappa shape index (κ1) is 17.7. The Morgan fingerprint density at radius 3 is 2.48 bits per heavy atom. The van der Waals surface area contributed by atoms with Crippen LogP contribution in [0.4, 0.5) is 4.39 Å². The van der Waals surface area contributed by atoms with Crippen molar-refractivity contribution in [2.75, 3.05) is 13.1 Å². The van der Waals surface area contributed by atoms with Crippen molar-refractivity contribution in [1.82, 2.24) is 19.7 Å². The van der Waals surface area contributed by atoms with Crippen molar-refractivity contribution in [3.63, 3.8) is 0 Å². The third-order valence-electron chi connectivity index (χ3n) is 6.03. The lowest BCUT2D eigenvalue weighted by Gasteiger charge is -2.23. The molecule has 1 spiro atoms. The Morgan fingerprint density at radius 2 is 1.69 bits per heavy atom. The van der Waals surface area contributed by atoms with Crippen LogP contribution in [0, 0.1) is 5.82 Å². The Hall–Kier alpha value is -3.35. The van der Waals surface area contributed by atoms with Gasteiger partial charge in [-0.05, 0) is 25.0 Å². The molecule has 3 heterocycles. The molecule has 6 nitrogen and oxygen atoms in total. The molecule has 2 aliphatic heterocycles. The molecule has 1 aromatic heterocycles. The summed E-state index contributed by atoms with van der Waals surface area (Å²) in [5.74, 6) is -0.213. The number of hydrogen-bond acceptors (Lipinski definition) is 4. The van der Waals surface area contributed by atoms with E-state index >= 15 is 0 Å². The molecule has 146 valence electrons. The molecule has 0 unspecified atom stereocenters. The van der Waals surface area contributed by atoms with Crippen molar-refractivity contribution >= 4 is 5.91 Å². The number of benzene rings is 2. The quantitative estimate of drug-likeness (QED) is 0.675. The lowest BCUT2D eigenvalue weighted by Crippen LogP contribution is -2.35. The number of aromatic nitrogens is 3. The van der Waals surface area contributed by atoms with E-state index in [1.807, 2.05) is 30.3 Å². The summed E-state index contributed by atoms with van der Waals surface area (Å²) in [6.07, 6.45) is 1.40. The Morgan fingerprint density at radius 1 is 0.966 bits per heavy atom. The SMILES string of the molecule is O=C(c1ccccc1F)N1CC[C@@]2(CCn3c2nnc(-c2ccccc2)c3=O)C1. The van der Waals surface area contributed by atoms with Gasteiger partial charge in [-0.15, -0.1) is 10.2 Å². The van der Waals surface area contributed by atoms with E-state index in [9.17, 15) is 14.0 Å². The summed E-state index contributed by atoms with van der Waals surface area (Å²) in [6, 6.07) is 15.3. The summed E-state index contributed by atoms with van der Waals surface area (Å²) in [4.78, 5) is 27.5. The van der Waals surface area contributed by atoms with Gasteiger partial charge in [-0.2, -0.15) is 0 Å². The minimum Gasteiger partial charge on any atom is -0.338 e. The summed E-state index contributed by atoms with van der Waals surface area (Å²) in [5, 5.41) is 8.65. The zero-order valence-electron chi connectivity index (χ0n) is 15.7. The zero-order chi connectivity index (χ0) is 20.0. The molecule has 0 aliphatic carbocycles. The largest absolute Gasteiger partial charge is 0.338 e. The third kappa shape index (κ3) is 2.76. The number of nitrogens with zero attached hydrogens (tertiary/aromatic N) is 4. The normalized spacial score (nSPS) is 20.2. The molecule has 1 fully saturated rings. The summed E-state index contributed by atoms with van der Waals surface area (Å²) in [5.41, 5.74) is 0.595. The highest BCUT2D eigenvalue weighted by Crippen LogP contribution is 2.41. The van der Waals surface area contributed by atoms with E-state index in [0.717, 1.165) is 12.0 Å². The molecule has 1 amide bonds. The van der Waals surface area contributed by atoms with E-state index < -0.39 is 11.2 Å². The van der Waals surface area contributed by atoms with Crippen LogP contribution in [-0.2, 0) is 12.0 Å². The van der Waals surface area contributed by atoms with Gasteiger partial charge >= 0.3 is 0 Å². The van der Waals surface area contributed by atoms with Crippen LogP contribution >= 0.6 is 0 Å². The van der Waals surface area contributed by atoms with Crippen LogP contribution in [0.1, 0.15) is 29.0 Å². The fourth-order valence-electron chi connectivity index (χ4n) is 4.47. The average Bonchev–Trinajstić information content (AvgIpc) is 3.34. The van der Waals surface area contributed by atoms with Crippen molar-refractivity contribution in [2.24, 2.45) is 0 Å². The second-order valence-electron chi connectivity index (χ2n) is 7.68. The summed E-state index contributed by atoms with van der Waals surface area (Å²) in [7, 11) is 0. The van der Waals surface area contributed by atoms with E-state index in [-0.39, 0.29) is 17.0 Å². The van der Waals surface area contributed by atoms with Crippen molar-refractivity contribution in [2.45, 2.75) is 24.8 Å². The van der Waals surface area contributed by atoms with E-state index in [2.05, 4.69) is 10.2 Å². The van der Waals surface area contributed by atoms with Gasteiger partial charge in [0.1, 0.15) is 11.6 Å². The minimum absolute atomic E-state index is 0.0745. The molecule has 3 aromatic rings. The van der Waals surface area contributed by atoms with Gasteiger partial charge < -0.3 is 4.90 Å². The van der Waals surface area contributed by atoms with E-state index in [0.29, 0.717) is 37.6 Å². The smallest absolute Gasteiger partial charge is 0.280 e. The van der Waals surface area contributed by atoms with Gasteiger partial charge in [0.05, 0.1) is 11.0 Å². The number of halogens is 1. The molecule has 0 N–H and O–H groups in total. The van der Waals surface area contributed by atoms with Gasteiger partial charge in [0, 0.05) is 25.2 Å². The first-order valence-corrected chi connectivity index (χ1v) is 9.66. The minimum atomic E-state index is -0.520. The Bertz CT molecular complexity index is 1160. The second kappa shape index (κ2) is 6.62. The molecule has 2 aliphatic rings. The van der Waals surface area contributed by atoms with Gasteiger partial charge in [0.25, 0.3) is 11.5 Å². The maximum Gasteiger partial charge on any atom is 0.280 e. The summed E-state index contributed by atoms with van der Waals surface area (Å²) in [6.45, 7) is 1.47. The maximum atomic E-state index is 14.0. The fourth-order valence-corrected chi connectivity index (χ4v) is 4.47. The number of carbonyl (C=O) groups excluding carboxylic acids is 1. The third-order valence-corrected chi connectivity index (χ3v) is 6.03. The van der Waals surface area contributed by atoms with Crippen LogP contribution in [0.2, 0.25) is 0 Å². The number of carbonyl (C=O) groups is 1. The highest BCUT2D eigenvalue weighted by molar-refractivity contribution is 5.94. The van der Waals surface area contributed by atoms with E-state index in [1.54, 1.807) is 21.6 Å². The summed E-state index contributed by atoms with van der Waals surface area (Å²) >= 11 is 0. The lowest BCUT2D eigenvalue weighted by molar-refractivity contribution is 0.0778. The van der Waals surface area contributed by atoms with Crippen molar-refractivity contribution in [1.29, 1.82) is 0 Å². The first-order chi connectivity index (χ1) is 14.1. The molecule has 7 heteroatoms. The Balaban J connectivity index is 1.47. The number of likely N-dealkylation sites (tertiary alicyclic amines) is 1. The second-order valence-corrected chi connectivity index (χ2v) is 7.68. The predicted octanol–water partition coefficient (Wildman–Crippen LogP) is 2.63. The molecule has 2 aromatic carbocycles. The summed E-state index contributed by atoms with van der Waals surface area (Å²) < 4.78 is 15.7. The van der Waals surface area contributed by atoms with Crippen LogP contribution in [0.5, 0.6) is 0 Å². The van der Waals surface area contributed by atoms with Crippen LogP contribution in [0.15, 0.2) is 59.4 Å². The first-order valence-electron chi connectivity index (χ1n) is 9.66. The molecule has 5 rings (SSSR count). The molecule has 1 saturated heterocycles. The number of rotatable bonds is 2. The number of hydrogen-bond donors (Lipinski definition) is 0. The predicted molar refractivity (Wildman–Crippen MR) is 105 cm³/mol. The molecule has 0 radical (unpaired) electrons. The van der Waals surface area contributed by atoms with Crippen molar-refractivity contribution in [3.8, 4) is 11.3 Å². The van der Waals surface area contributed by atoms with Crippen LogP contribution < -0.4 is 5.56 Å². The van der Waals surface area contributed by atoms with E-state index in [1.165, 1.54) is 12.1 Å². The molecule has 0 bridgehead atoms. The lowest BCUT2D eigenvalue weighted by atomic mass is 9.85. The molecule has 29 heavy (non-hydrogen) atoms. The van der Waals surface area contributed by atoms with Crippen molar-refractivity contribution in [3.05, 3.63) is 82.2 Å². The van der Waals surface area contributed by atoms with Gasteiger partial charge in [-0.3, -0.25) is 14.2 Å². The average molecular weight is 390 g/mol. The highest BCUT2D eigenvalue weighted by atomic mass is 19.1. The topological polar surface area (TPSA) is 68.1 Å². The van der Waals surface area contributed by atoms with Crippen LogP contribution in [-0.4, -0.2) is 38.7 Å². The van der Waals surface area contributed by atoms with Crippen LogP contribution in [0.3, 0.4) is 0 Å². The molecule has 0 saturated carbocycles. The highest BCUT2D eigenvalue weighted by Gasteiger charge is 2.48. The number of fused-ring (bicyclic) bond motifs is 2. The van der Waals surface area contributed by atoms with E-state index in [4.69, 9.17) is 0 Å². The zero-order valence-corrected chi connectivity index (χ0v) is 15.7. The molecular formula is C22H19FN4O2. The number of amides is 1. The monoisotopic (exact) mass is 390 g/mol. The van der Waals surface area contributed by atoms with Gasteiger partial charge in [-0.25, -0.2) is 4.39 Å². The van der Waals surface area contributed by atoms with Crippen molar-refractivity contribution < 1.29 is 9.18 Å². The fraction of sp³-hybridized carbons (Fsp3) is 0.273.